The lowest BCUT2D eigenvalue weighted by Gasteiger charge is -2.39. The third-order valence-corrected chi connectivity index (χ3v) is 3.86. The molecular weight excluding hydrogens is 240 g/mol. The molecule has 0 radical (unpaired) electrons. The molecule has 1 saturated heterocycles. The smallest absolute Gasteiger partial charge is 0.167 e. The van der Waals surface area contributed by atoms with E-state index in [4.69, 9.17) is 0 Å². The summed E-state index contributed by atoms with van der Waals surface area (Å²) in [7, 11) is 5.95. The summed E-state index contributed by atoms with van der Waals surface area (Å²) < 4.78 is 0. The lowest BCUT2D eigenvalue weighted by atomic mass is 9.86. The van der Waals surface area contributed by atoms with Crippen LogP contribution in [0.2, 0.25) is 0 Å². The molecule has 0 spiro atoms. The van der Waals surface area contributed by atoms with Crippen LogP contribution in [0, 0.1) is 0 Å². The maximum Gasteiger partial charge on any atom is 0.167 e. The van der Waals surface area contributed by atoms with Gasteiger partial charge in [0.1, 0.15) is 5.60 Å². The highest BCUT2D eigenvalue weighted by molar-refractivity contribution is 5.88. The van der Waals surface area contributed by atoms with Crippen molar-refractivity contribution in [1.29, 1.82) is 0 Å². The zero-order chi connectivity index (χ0) is 14.2. The number of benzene rings is 1. The Hall–Kier alpha value is -1.39. The largest absolute Gasteiger partial charge is 0.381 e. The van der Waals surface area contributed by atoms with Gasteiger partial charge in [-0.05, 0) is 31.7 Å². The van der Waals surface area contributed by atoms with Gasteiger partial charge in [-0.2, -0.15) is 0 Å². The summed E-state index contributed by atoms with van der Waals surface area (Å²) in [5.41, 5.74) is 1.05. The second-order valence-corrected chi connectivity index (χ2v) is 5.82. The van der Waals surface area contributed by atoms with E-state index in [1.54, 1.807) is 6.92 Å². The van der Waals surface area contributed by atoms with Crippen LogP contribution in [0.1, 0.15) is 24.9 Å². The number of anilines is 1. The van der Waals surface area contributed by atoms with Gasteiger partial charge in [-0.15, -0.1) is 0 Å². The van der Waals surface area contributed by atoms with E-state index in [1.165, 1.54) is 0 Å². The normalized spacial score (nSPS) is 28.5. The third kappa shape index (κ3) is 2.80. The van der Waals surface area contributed by atoms with Crippen LogP contribution < -0.4 is 4.90 Å². The Bertz CT molecular complexity index is 466. The molecule has 0 aliphatic carbocycles. The molecule has 104 valence electrons. The lowest BCUT2D eigenvalue weighted by molar-refractivity contribution is -0.144. The van der Waals surface area contributed by atoms with Crippen LogP contribution in [0.25, 0.3) is 0 Å². The minimum atomic E-state index is -1.21. The number of likely N-dealkylation sites (N-methyl/N-ethyl adjacent to an activating group) is 1. The highest BCUT2D eigenvalue weighted by Crippen LogP contribution is 2.32. The second-order valence-electron chi connectivity index (χ2n) is 5.82. The number of carbonyl (C=O) groups is 1. The summed E-state index contributed by atoms with van der Waals surface area (Å²) in [5, 5.41) is 10.00. The van der Waals surface area contributed by atoms with E-state index in [1.807, 2.05) is 30.9 Å². The number of hydrogen-bond acceptors (Lipinski definition) is 4. The minimum absolute atomic E-state index is 0.0592. The molecule has 1 aromatic rings. The van der Waals surface area contributed by atoms with Crippen LogP contribution in [-0.4, -0.2) is 49.1 Å². The number of carbonyl (C=O) groups excluding carboxylic acids is 1. The van der Waals surface area contributed by atoms with Crippen molar-refractivity contribution in [2.24, 2.45) is 0 Å². The fourth-order valence-corrected chi connectivity index (χ4v) is 2.60. The molecule has 0 bridgehead atoms. The Kier molecular flexibility index (Phi) is 3.65. The number of hydrogen-bond donors (Lipinski definition) is 1. The predicted molar refractivity (Wildman–Crippen MR) is 76.4 cm³/mol. The molecule has 2 unspecified atom stereocenters. The van der Waals surface area contributed by atoms with E-state index < -0.39 is 5.60 Å². The standard InChI is InChI=1S/C15H22N2O2/c1-15(19)10-17(4)13(9-14(15)18)11-5-7-12(8-6-11)16(2)3/h5-8,13,19H,9-10H2,1-4H3. The van der Waals surface area contributed by atoms with Crippen LogP contribution in [0.4, 0.5) is 5.69 Å². The lowest BCUT2D eigenvalue weighted by Crippen LogP contribution is -2.52. The highest BCUT2D eigenvalue weighted by atomic mass is 16.3. The van der Waals surface area contributed by atoms with E-state index in [-0.39, 0.29) is 11.8 Å². The van der Waals surface area contributed by atoms with Gasteiger partial charge in [0, 0.05) is 38.8 Å². The average Bonchev–Trinajstić information content (AvgIpc) is 2.33. The molecule has 1 fully saturated rings. The van der Waals surface area contributed by atoms with Gasteiger partial charge in [0.25, 0.3) is 0 Å². The number of likely N-dealkylation sites (tertiary alicyclic amines) is 1. The van der Waals surface area contributed by atoms with Crippen LogP contribution in [-0.2, 0) is 4.79 Å². The summed E-state index contributed by atoms with van der Waals surface area (Å²) in [6.07, 6.45) is 0.366. The number of Topliss-reactive ketones (excluding diaryl/α,β-unsaturated/α-hetero) is 1. The first-order valence-electron chi connectivity index (χ1n) is 6.54. The molecule has 0 amide bonds. The molecule has 1 aliphatic heterocycles. The summed E-state index contributed by atoms with van der Waals surface area (Å²) in [6.45, 7) is 1.98. The van der Waals surface area contributed by atoms with E-state index in [0.29, 0.717) is 13.0 Å². The van der Waals surface area contributed by atoms with Gasteiger partial charge in [-0.1, -0.05) is 12.1 Å². The molecular formula is C15H22N2O2. The maximum absolute atomic E-state index is 11.9. The Labute approximate surface area is 114 Å². The molecule has 1 aromatic carbocycles. The molecule has 4 heteroatoms. The van der Waals surface area contributed by atoms with Gasteiger partial charge in [-0.3, -0.25) is 9.69 Å². The van der Waals surface area contributed by atoms with E-state index in [0.717, 1.165) is 11.3 Å². The van der Waals surface area contributed by atoms with Gasteiger partial charge < -0.3 is 10.0 Å². The van der Waals surface area contributed by atoms with E-state index in [2.05, 4.69) is 24.3 Å². The third-order valence-electron chi connectivity index (χ3n) is 3.86. The first-order valence-corrected chi connectivity index (χ1v) is 6.54. The Balaban J connectivity index is 2.20. The maximum atomic E-state index is 11.9. The van der Waals surface area contributed by atoms with Crippen LogP contribution in [0.15, 0.2) is 24.3 Å². The molecule has 2 atom stereocenters. The quantitative estimate of drug-likeness (QED) is 0.876. The molecule has 19 heavy (non-hydrogen) atoms. The van der Waals surface area contributed by atoms with E-state index in [9.17, 15) is 9.90 Å². The van der Waals surface area contributed by atoms with Crippen molar-refractivity contribution in [2.45, 2.75) is 25.0 Å². The van der Waals surface area contributed by atoms with Crippen molar-refractivity contribution in [1.82, 2.24) is 4.90 Å². The fourth-order valence-electron chi connectivity index (χ4n) is 2.60. The molecule has 1 heterocycles. The zero-order valence-corrected chi connectivity index (χ0v) is 12.1. The van der Waals surface area contributed by atoms with Gasteiger partial charge >= 0.3 is 0 Å². The van der Waals surface area contributed by atoms with Crippen LogP contribution in [0.3, 0.4) is 0 Å². The van der Waals surface area contributed by atoms with Gasteiger partial charge in [0.2, 0.25) is 0 Å². The predicted octanol–water partition coefficient (Wildman–Crippen LogP) is 1.45. The average molecular weight is 262 g/mol. The zero-order valence-electron chi connectivity index (χ0n) is 12.1. The van der Waals surface area contributed by atoms with Crippen molar-refractivity contribution in [3.05, 3.63) is 29.8 Å². The van der Waals surface area contributed by atoms with Crippen molar-refractivity contribution in [2.75, 3.05) is 32.6 Å². The summed E-state index contributed by atoms with van der Waals surface area (Å²) in [5.74, 6) is -0.0766. The van der Waals surface area contributed by atoms with Crippen molar-refractivity contribution in [3.8, 4) is 0 Å². The number of rotatable bonds is 2. The first kappa shape index (κ1) is 14.0. The highest BCUT2D eigenvalue weighted by Gasteiger charge is 2.40. The van der Waals surface area contributed by atoms with Crippen molar-refractivity contribution < 1.29 is 9.90 Å². The summed E-state index contributed by atoms with van der Waals surface area (Å²) in [4.78, 5) is 16.0. The number of ketones is 1. The summed E-state index contributed by atoms with van der Waals surface area (Å²) in [6, 6.07) is 8.29. The molecule has 1 N–H and O–H groups in total. The van der Waals surface area contributed by atoms with Crippen molar-refractivity contribution >= 4 is 11.5 Å². The Morgan fingerprint density at radius 1 is 1.32 bits per heavy atom. The van der Waals surface area contributed by atoms with Gasteiger partial charge in [0.15, 0.2) is 5.78 Å². The number of nitrogens with zero attached hydrogens (tertiary/aromatic N) is 2. The molecule has 2 rings (SSSR count). The summed E-state index contributed by atoms with van der Waals surface area (Å²) >= 11 is 0. The molecule has 1 aliphatic rings. The van der Waals surface area contributed by atoms with Crippen LogP contribution in [0.5, 0.6) is 0 Å². The topological polar surface area (TPSA) is 43.8 Å². The SMILES string of the molecule is CN(C)c1ccc(C2CC(=O)C(C)(O)CN2C)cc1. The monoisotopic (exact) mass is 262 g/mol. The van der Waals surface area contributed by atoms with E-state index >= 15 is 0 Å². The number of β-amino-alcohol motifs (C(OH)–C–C–N with tert-alkyl or cyclic N) is 1. The molecule has 4 nitrogen and oxygen atoms in total. The molecule has 0 aromatic heterocycles. The van der Waals surface area contributed by atoms with Gasteiger partial charge in [-0.25, -0.2) is 0 Å². The Morgan fingerprint density at radius 3 is 2.42 bits per heavy atom. The molecule has 0 saturated carbocycles. The number of piperidine rings is 1. The van der Waals surface area contributed by atoms with Crippen molar-refractivity contribution in [3.63, 3.8) is 0 Å². The first-order chi connectivity index (χ1) is 8.81. The fraction of sp³-hybridized carbons (Fsp3) is 0.533. The second kappa shape index (κ2) is 4.94. The minimum Gasteiger partial charge on any atom is -0.381 e. The van der Waals surface area contributed by atoms with Crippen LogP contribution >= 0.6 is 0 Å². The number of aliphatic hydroxyl groups is 1. The van der Waals surface area contributed by atoms with Gasteiger partial charge in [0.05, 0.1) is 0 Å². The Morgan fingerprint density at radius 2 is 1.89 bits per heavy atom.